The number of hydrogen-bond acceptors (Lipinski definition) is 4. The summed E-state index contributed by atoms with van der Waals surface area (Å²) in [6.07, 6.45) is 1.33. The zero-order valence-corrected chi connectivity index (χ0v) is 14.3. The van der Waals surface area contributed by atoms with E-state index in [0.717, 1.165) is 5.69 Å². The average Bonchev–Trinajstić information content (AvgIpc) is 2.56. The quantitative estimate of drug-likeness (QED) is 0.839. The van der Waals surface area contributed by atoms with Crippen LogP contribution in [0.3, 0.4) is 0 Å². The van der Waals surface area contributed by atoms with Gasteiger partial charge in [-0.05, 0) is 51.0 Å². The maximum absolute atomic E-state index is 12.5. The molecule has 23 heavy (non-hydrogen) atoms. The van der Waals surface area contributed by atoms with Crippen LogP contribution in [0.2, 0.25) is 5.02 Å². The fraction of sp³-hybridized carbons (Fsp3) is 0.529. The van der Waals surface area contributed by atoms with E-state index < -0.39 is 0 Å². The van der Waals surface area contributed by atoms with Crippen LogP contribution >= 0.6 is 11.6 Å². The number of piperidine rings is 1. The van der Waals surface area contributed by atoms with Gasteiger partial charge in [-0.15, -0.1) is 0 Å². The molecule has 6 heteroatoms. The van der Waals surface area contributed by atoms with Crippen molar-refractivity contribution in [2.75, 3.05) is 25.0 Å². The number of likely N-dealkylation sites (tertiary alicyclic amines) is 1. The molecule has 1 unspecified atom stereocenters. The van der Waals surface area contributed by atoms with Crippen LogP contribution in [-0.4, -0.2) is 42.5 Å². The van der Waals surface area contributed by atoms with Crippen molar-refractivity contribution in [3.8, 4) is 0 Å². The van der Waals surface area contributed by atoms with Gasteiger partial charge in [0.05, 0.1) is 12.5 Å². The van der Waals surface area contributed by atoms with Crippen LogP contribution in [-0.2, 0) is 14.3 Å². The molecule has 126 valence electrons. The van der Waals surface area contributed by atoms with Crippen LogP contribution in [0.5, 0.6) is 0 Å². The van der Waals surface area contributed by atoms with E-state index >= 15 is 0 Å². The highest BCUT2D eigenvalue weighted by Gasteiger charge is 2.29. The third-order valence-electron chi connectivity index (χ3n) is 4.02. The van der Waals surface area contributed by atoms with E-state index in [2.05, 4.69) is 5.32 Å². The van der Waals surface area contributed by atoms with Gasteiger partial charge in [0.25, 0.3) is 0 Å². The Kier molecular flexibility index (Phi) is 6.28. The Morgan fingerprint density at radius 3 is 2.48 bits per heavy atom. The number of esters is 1. The van der Waals surface area contributed by atoms with Gasteiger partial charge < -0.3 is 15.0 Å². The number of amides is 1. The van der Waals surface area contributed by atoms with Crippen molar-refractivity contribution in [3.05, 3.63) is 29.3 Å². The van der Waals surface area contributed by atoms with Crippen molar-refractivity contribution in [3.63, 3.8) is 0 Å². The van der Waals surface area contributed by atoms with Crippen LogP contribution < -0.4 is 5.32 Å². The van der Waals surface area contributed by atoms with Crippen LogP contribution in [0.15, 0.2) is 24.3 Å². The van der Waals surface area contributed by atoms with Gasteiger partial charge in [0.1, 0.15) is 6.04 Å². The van der Waals surface area contributed by atoms with Gasteiger partial charge in [-0.1, -0.05) is 11.6 Å². The Bertz CT molecular complexity index is 539. The molecule has 1 aliphatic heterocycles. The number of carbonyl (C=O) groups is 2. The Balaban J connectivity index is 1.84. The topological polar surface area (TPSA) is 58.6 Å². The highest BCUT2D eigenvalue weighted by Crippen LogP contribution is 2.20. The van der Waals surface area contributed by atoms with E-state index in [-0.39, 0.29) is 23.8 Å². The van der Waals surface area contributed by atoms with E-state index in [1.54, 1.807) is 19.1 Å². The van der Waals surface area contributed by atoms with Gasteiger partial charge >= 0.3 is 5.97 Å². The minimum absolute atomic E-state index is 0.0438. The fourth-order valence-electron chi connectivity index (χ4n) is 2.73. The minimum Gasteiger partial charge on any atom is -0.466 e. The predicted molar refractivity (Wildman–Crippen MR) is 90.5 cm³/mol. The van der Waals surface area contributed by atoms with Gasteiger partial charge in [0, 0.05) is 23.8 Å². The summed E-state index contributed by atoms with van der Waals surface area (Å²) in [5.74, 6) is -0.187. The van der Waals surface area contributed by atoms with Crippen molar-refractivity contribution in [2.24, 2.45) is 5.92 Å². The largest absolute Gasteiger partial charge is 0.466 e. The number of rotatable bonds is 5. The molecule has 1 aromatic carbocycles. The molecule has 0 aromatic heterocycles. The van der Waals surface area contributed by atoms with Crippen molar-refractivity contribution in [1.82, 2.24) is 4.90 Å². The molecule has 1 heterocycles. The SMILES string of the molecule is CCOC(=O)C1CCN(C(=O)C(C)Nc2ccc(Cl)cc2)CC1. The van der Waals surface area contributed by atoms with Crippen molar-refractivity contribution in [2.45, 2.75) is 32.7 Å². The van der Waals surface area contributed by atoms with E-state index in [9.17, 15) is 9.59 Å². The number of hydrogen-bond donors (Lipinski definition) is 1. The van der Waals surface area contributed by atoms with Gasteiger partial charge in [0.15, 0.2) is 0 Å². The zero-order valence-electron chi connectivity index (χ0n) is 13.5. The number of nitrogens with zero attached hydrogens (tertiary/aromatic N) is 1. The molecule has 1 amide bonds. The number of benzene rings is 1. The summed E-state index contributed by atoms with van der Waals surface area (Å²) < 4.78 is 5.05. The second-order valence-corrected chi connectivity index (χ2v) is 6.16. The maximum Gasteiger partial charge on any atom is 0.309 e. The first-order valence-corrected chi connectivity index (χ1v) is 8.36. The number of carbonyl (C=O) groups excluding carboxylic acids is 2. The third-order valence-corrected chi connectivity index (χ3v) is 4.28. The summed E-state index contributed by atoms with van der Waals surface area (Å²) in [6.45, 7) is 5.24. The van der Waals surface area contributed by atoms with Crippen molar-refractivity contribution >= 4 is 29.2 Å². The summed E-state index contributed by atoms with van der Waals surface area (Å²) in [6, 6.07) is 6.94. The molecule has 1 atom stereocenters. The minimum atomic E-state index is -0.324. The lowest BCUT2D eigenvalue weighted by Gasteiger charge is -2.33. The van der Waals surface area contributed by atoms with Crippen molar-refractivity contribution in [1.29, 1.82) is 0 Å². The molecule has 1 fully saturated rings. The number of ether oxygens (including phenoxy) is 1. The lowest BCUT2D eigenvalue weighted by molar-refractivity contribution is -0.151. The van der Waals surface area contributed by atoms with Crippen LogP contribution in [0.4, 0.5) is 5.69 Å². The number of nitrogens with one attached hydrogen (secondary N) is 1. The lowest BCUT2D eigenvalue weighted by Crippen LogP contribution is -2.46. The van der Waals surface area contributed by atoms with E-state index in [4.69, 9.17) is 16.3 Å². The average molecular weight is 339 g/mol. The highest BCUT2D eigenvalue weighted by molar-refractivity contribution is 6.30. The highest BCUT2D eigenvalue weighted by atomic mass is 35.5. The Morgan fingerprint density at radius 1 is 1.30 bits per heavy atom. The second kappa shape index (κ2) is 8.20. The third kappa shape index (κ3) is 4.86. The summed E-state index contributed by atoms with van der Waals surface area (Å²) in [7, 11) is 0. The molecular formula is C17H23ClN2O3. The molecule has 0 bridgehead atoms. The van der Waals surface area contributed by atoms with Gasteiger partial charge in [-0.2, -0.15) is 0 Å². The summed E-state index contributed by atoms with van der Waals surface area (Å²) >= 11 is 5.85. The zero-order chi connectivity index (χ0) is 16.8. The first-order valence-electron chi connectivity index (χ1n) is 7.98. The predicted octanol–water partition coefficient (Wildman–Crippen LogP) is 2.94. The number of halogens is 1. The van der Waals surface area contributed by atoms with Crippen LogP contribution in [0.1, 0.15) is 26.7 Å². The summed E-state index contributed by atoms with van der Waals surface area (Å²) in [4.78, 5) is 26.0. The second-order valence-electron chi connectivity index (χ2n) is 5.72. The molecule has 1 N–H and O–H groups in total. The van der Waals surface area contributed by atoms with Gasteiger partial charge in [0.2, 0.25) is 5.91 Å². The lowest BCUT2D eigenvalue weighted by atomic mass is 9.96. The van der Waals surface area contributed by atoms with Crippen molar-refractivity contribution < 1.29 is 14.3 Å². The molecule has 0 spiro atoms. The summed E-state index contributed by atoms with van der Waals surface area (Å²) in [5.41, 5.74) is 0.858. The molecule has 1 aliphatic rings. The molecule has 0 aliphatic carbocycles. The fourth-order valence-corrected chi connectivity index (χ4v) is 2.85. The maximum atomic E-state index is 12.5. The molecule has 5 nitrogen and oxygen atoms in total. The van der Waals surface area contributed by atoms with Crippen LogP contribution in [0.25, 0.3) is 0 Å². The standard InChI is InChI=1S/C17H23ClN2O3/c1-3-23-17(22)13-8-10-20(11-9-13)16(21)12(2)19-15-6-4-14(18)5-7-15/h4-7,12-13,19H,3,8-11H2,1-2H3. The number of anilines is 1. The van der Waals surface area contributed by atoms with E-state index in [1.807, 2.05) is 24.0 Å². The smallest absolute Gasteiger partial charge is 0.309 e. The van der Waals surface area contributed by atoms with Crippen LogP contribution in [0, 0.1) is 5.92 Å². The Hall–Kier alpha value is -1.75. The summed E-state index contributed by atoms with van der Waals surface area (Å²) in [5, 5.41) is 3.84. The molecule has 1 aromatic rings. The Labute approximate surface area is 141 Å². The van der Waals surface area contributed by atoms with Gasteiger partial charge in [-0.3, -0.25) is 9.59 Å². The molecular weight excluding hydrogens is 316 g/mol. The molecule has 2 rings (SSSR count). The van der Waals surface area contributed by atoms with E-state index in [1.165, 1.54) is 0 Å². The molecule has 0 radical (unpaired) electrons. The normalized spacial score (nSPS) is 16.7. The monoisotopic (exact) mass is 338 g/mol. The Morgan fingerprint density at radius 2 is 1.91 bits per heavy atom. The molecule has 0 saturated carbocycles. The first-order chi connectivity index (χ1) is 11.0. The van der Waals surface area contributed by atoms with Gasteiger partial charge in [-0.25, -0.2) is 0 Å². The molecule has 1 saturated heterocycles. The first kappa shape index (κ1) is 17.6. The van der Waals surface area contributed by atoms with E-state index in [0.29, 0.717) is 37.6 Å².